The number of hydrogen-bond acceptors (Lipinski definition) is 5. The fraction of sp³-hybridized carbons (Fsp3) is 0.231. The lowest BCUT2D eigenvalue weighted by Gasteiger charge is -2.18. The average molecular weight is 462 g/mol. The van der Waals surface area contributed by atoms with E-state index in [1.807, 2.05) is 49.5 Å². The summed E-state index contributed by atoms with van der Waals surface area (Å²) in [6, 6.07) is 18.8. The van der Waals surface area contributed by atoms with Gasteiger partial charge in [-0.1, -0.05) is 25.1 Å². The van der Waals surface area contributed by atoms with Crippen molar-refractivity contribution in [3.8, 4) is 22.3 Å². The normalized spacial score (nSPS) is 11.8. The van der Waals surface area contributed by atoms with Crippen molar-refractivity contribution >= 4 is 28.1 Å². The number of nitrogens with one attached hydrogen (secondary N) is 2. The maximum atomic E-state index is 13.3. The highest BCUT2D eigenvalue weighted by atomic mass is 32.1. The molecule has 3 N–H and O–H groups in total. The summed E-state index contributed by atoms with van der Waals surface area (Å²) in [5.74, 6) is 0.192. The monoisotopic (exact) mass is 461 g/mol. The number of carbonyl (C=O) groups excluding carboxylic acids is 1. The van der Waals surface area contributed by atoms with Gasteiger partial charge in [0.2, 0.25) is 0 Å². The molecule has 0 saturated heterocycles. The predicted molar refractivity (Wildman–Crippen MR) is 133 cm³/mol. The van der Waals surface area contributed by atoms with Crippen molar-refractivity contribution in [2.45, 2.75) is 25.8 Å². The number of aromatic amines is 1. The number of para-hydroxylation sites is 1. The highest BCUT2D eigenvalue weighted by molar-refractivity contribution is 7.16. The van der Waals surface area contributed by atoms with Crippen molar-refractivity contribution in [2.75, 3.05) is 13.2 Å². The van der Waals surface area contributed by atoms with E-state index in [0.717, 1.165) is 33.3 Å². The van der Waals surface area contributed by atoms with Gasteiger partial charge in [-0.3, -0.25) is 4.79 Å². The minimum atomic E-state index is -0.452. The molecule has 0 saturated carbocycles. The molecule has 0 bridgehead atoms. The number of carbonyl (C=O) groups is 1. The number of amides is 1. The Hall–Kier alpha value is -3.60. The van der Waals surface area contributed by atoms with Gasteiger partial charge in [0.1, 0.15) is 16.7 Å². The second kappa shape index (κ2) is 10.3. The molecule has 0 fully saturated rings. The molecular formula is C26H27N3O3S. The van der Waals surface area contributed by atoms with Gasteiger partial charge in [0.05, 0.1) is 24.8 Å². The first-order chi connectivity index (χ1) is 16.1. The highest BCUT2D eigenvalue weighted by Crippen LogP contribution is 2.32. The smallest absolute Gasteiger partial charge is 0.255 e. The van der Waals surface area contributed by atoms with Crippen LogP contribution in [0.3, 0.4) is 0 Å². The summed E-state index contributed by atoms with van der Waals surface area (Å²) in [7, 11) is 0. The van der Waals surface area contributed by atoms with Gasteiger partial charge in [0.25, 0.3) is 5.91 Å². The predicted octanol–water partition coefficient (Wildman–Crippen LogP) is 5.14. The third-order valence-corrected chi connectivity index (χ3v) is 6.42. The molecule has 170 valence electrons. The number of hydrogen-bond donors (Lipinski definition) is 3. The Balaban J connectivity index is 0.00000324. The van der Waals surface area contributed by atoms with Crippen LogP contribution in [-0.2, 0) is 6.42 Å². The second-order valence-corrected chi connectivity index (χ2v) is 8.84. The molecule has 2 aromatic heterocycles. The maximum absolute atomic E-state index is 13.3. The Labute approximate surface area is 197 Å². The van der Waals surface area contributed by atoms with Gasteiger partial charge < -0.3 is 20.1 Å². The number of nitriles is 1. The Kier molecular flexibility index (Phi) is 7.08. The molecule has 33 heavy (non-hydrogen) atoms. The van der Waals surface area contributed by atoms with Gasteiger partial charge in [-0.15, -0.1) is 11.3 Å². The van der Waals surface area contributed by atoms with Gasteiger partial charge in [-0.2, -0.15) is 5.26 Å². The summed E-state index contributed by atoms with van der Waals surface area (Å²) < 4.78 is 5.83. The van der Waals surface area contributed by atoms with Crippen LogP contribution in [0.15, 0.2) is 60.8 Å². The number of nitrogens with zero attached hydrogens (tertiary/aromatic N) is 1. The first-order valence-corrected chi connectivity index (χ1v) is 11.7. The Bertz CT molecular complexity index is 1310. The molecule has 0 aliphatic rings. The SMILES string of the molecule is CCCOc1ccc(-c2ccc(C#N)s2)cc1C(=O)N[C@H](CO)Cc1c[nH]c2ccccc12.[HH]. The summed E-state index contributed by atoms with van der Waals surface area (Å²) in [6.07, 6.45) is 3.23. The van der Waals surface area contributed by atoms with Gasteiger partial charge >= 0.3 is 0 Å². The summed E-state index contributed by atoms with van der Waals surface area (Å²) in [5.41, 5.74) is 3.30. The topological polar surface area (TPSA) is 98.1 Å². The molecule has 1 amide bonds. The van der Waals surface area contributed by atoms with Gasteiger partial charge in [0.15, 0.2) is 0 Å². The number of aromatic nitrogens is 1. The van der Waals surface area contributed by atoms with Crippen LogP contribution in [0.2, 0.25) is 0 Å². The summed E-state index contributed by atoms with van der Waals surface area (Å²) in [6.45, 7) is 2.31. The first-order valence-electron chi connectivity index (χ1n) is 10.9. The zero-order chi connectivity index (χ0) is 23.2. The molecule has 0 spiro atoms. The van der Waals surface area contributed by atoms with E-state index in [9.17, 15) is 9.90 Å². The minimum absolute atomic E-state index is 0. The van der Waals surface area contributed by atoms with Gasteiger partial charge in [-0.25, -0.2) is 0 Å². The zero-order valence-corrected chi connectivity index (χ0v) is 19.1. The van der Waals surface area contributed by atoms with Gasteiger partial charge in [-0.05, 0) is 60.4 Å². The van der Waals surface area contributed by atoms with Crippen LogP contribution in [0.4, 0.5) is 0 Å². The maximum Gasteiger partial charge on any atom is 0.255 e. The van der Waals surface area contributed by atoms with Crippen molar-refractivity contribution in [1.29, 1.82) is 5.26 Å². The number of aliphatic hydroxyl groups is 1. The molecular weight excluding hydrogens is 434 g/mol. The number of aliphatic hydroxyl groups excluding tert-OH is 1. The third kappa shape index (κ3) is 5.08. The van der Waals surface area contributed by atoms with E-state index in [4.69, 9.17) is 10.00 Å². The largest absolute Gasteiger partial charge is 0.493 e. The lowest BCUT2D eigenvalue weighted by atomic mass is 10.0. The van der Waals surface area contributed by atoms with Crippen LogP contribution in [0, 0.1) is 11.3 Å². The Morgan fingerprint density at radius 3 is 2.88 bits per heavy atom. The van der Waals surface area contributed by atoms with E-state index in [0.29, 0.717) is 29.2 Å². The zero-order valence-electron chi connectivity index (χ0n) is 18.3. The summed E-state index contributed by atoms with van der Waals surface area (Å²) >= 11 is 1.38. The molecule has 6 nitrogen and oxygen atoms in total. The van der Waals surface area contributed by atoms with Crippen LogP contribution in [0.5, 0.6) is 5.75 Å². The van der Waals surface area contributed by atoms with Crippen molar-refractivity contribution in [2.24, 2.45) is 0 Å². The average Bonchev–Trinajstić information content (AvgIpc) is 3.49. The molecule has 0 radical (unpaired) electrons. The molecule has 4 rings (SSSR count). The lowest BCUT2D eigenvalue weighted by Crippen LogP contribution is -2.39. The Morgan fingerprint density at radius 1 is 1.27 bits per heavy atom. The molecule has 0 aliphatic heterocycles. The van der Waals surface area contributed by atoms with Crippen molar-refractivity contribution in [1.82, 2.24) is 10.3 Å². The molecule has 2 aromatic carbocycles. The quantitative estimate of drug-likeness (QED) is 0.322. The van der Waals surface area contributed by atoms with Crippen molar-refractivity contribution < 1.29 is 16.1 Å². The van der Waals surface area contributed by atoms with E-state index >= 15 is 0 Å². The van der Waals surface area contributed by atoms with E-state index < -0.39 is 6.04 Å². The fourth-order valence-corrected chi connectivity index (χ4v) is 4.54. The third-order valence-electron chi connectivity index (χ3n) is 5.38. The van der Waals surface area contributed by atoms with Crippen molar-refractivity contribution in [3.63, 3.8) is 0 Å². The van der Waals surface area contributed by atoms with Crippen LogP contribution < -0.4 is 10.1 Å². The van der Waals surface area contributed by atoms with E-state index in [2.05, 4.69) is 16.4 Å². The molecule has 1 atom stereocenters. The lowest BCUT2D eigenvalue weighted by molar-refractivity contribution is 0.0912. The molecule has 0 aliphatic carbocycles. The van der Waals surface area contributed by atoms with Crippen LogP contribution >= 0.6 is 11.3 Å². The Morgan fingerprint density at radius 2 is 2.12 bits per heavy atom. The number of thiophene rings is 1. The van der Waals surface area contributed by atoms with Crippen molar-refractivity contribution in [3.05, 3.63) is 76.8 Å². The summed E-state index contributed by atoms with van der Waals surface area (Å²) in [5, 5.41) is 23.2. The number of fused-ring (bicyclic) bond motifs is 1. The van der Waals surface area contributed by atoms with E-state index in [1.54, 1.807) is 18.2 Å². The number of benzene rings is 2. The van der Waals surface area contributed by atoms with Crippen LogP contribution in [0.25, 0.3) is 21.3 Å². The number of ether oxygens (including phenoxy) is 1. The highest BCUT2D eigenvalue weighted by Gasteiger charge is 2.20. The van der Waals surface area contributed by atoms with Crippen LogP contribution in [0.1, 0.15) is 35.6 Å². The second-order valence-electron chi connectivity index (χ2n) is 7.75. The van der Waals surface area contributed by atoms with E-state index in [1.165, 1.54) is 11.3 Å². The number of rotatable bonds is 9. The summed E-state index contributed by atoms with van der Waals surface area (Å²) in [4.78, 5) is 18.0. The molecule has 4 aromatic rings. The molecule has 7 heteroatoms. The first kappa shape index (κ1) is 22.6. The minimum Gasteiger partial charge on any atom is -0.493 e. The molecule has 0 unspecified atom stereocenters. The molecule has 2 heterocycles. The fourth-order valence-electron chi connectivity index (χ4n) is 3.74. The van der Waals surface area contributed by atoms with Crippen LogP contribution in [-0.4, -0.2) is 35.3 Å². The number of H-pyrrole nitrogens is 1. The standard InChI is InChI=1S/C26H25N3O3S.H2/c1-2-11-32-24-9-7-17(25-10-8-20(14-27)33-25)13-22(24)26(31)29-19(16-30)12-18-15-28-23-6-4-3-5-21(18)23;/h3-10,13,15,19,28,30H,2,11-12,16H2,1H3,(H,29,31);1H/t19-;/m0./s1. The van der Waals surface area contributed by atoms with Gasteiger partial charge in [0, 0.05) is 23.4 Å². The van der Waals surface area contributed by atoms with E-state index in [-0.39, 0.29) is 13.9 Å².